The lowest BCUT2D eigenvalue weighted by Gasteiger charge is -2.34. The highest BCUT2D eigenvalue weighted by atomic mass is 16.5. The lowest BCUT2D eigenvalue weighted by atomic mass is 9.98. The fourth-order valence-electron chi connectivity index (χ4n) is 2.31. The summed E-state index contributed by atoms with van der Waals surface area (Å²) in [5.74, 6) is -1.59. The molecule has 1 saturated heterocycles. The molecule has 2 amide bonds. The van der Waals surface area contributed by atoms with Gasteiger partial charge in [-0.2, -0.15) is 0 Å². The minimum absolute atomic E-state index is 0.160. The summed E-state index contributed by atoms with van der Waals surface area (Å²) in [6.45, 7) is 4.17. The Balaban J connectivity index is 2.58. The van der Waals surface area contributed by atoms with Gasteiger partial charge in [-0.05, 0) is 26.7 Å². The van der Waals surface area contributed by atoms with Crippen LogP contribution < -0.4 is 5.32 Å². The summed E-state index contributed by atoms with van der Waals surface area (Å²) in [6, 6.07) is -0.343. The van der Waals surface area contributed by atoms with E-state index in [0.29, 0.717) is 19.5 Å². The van der Waals surface area contributed by atoms with Crippen LogP contribution in [0.15, 0.2) is 0 Å². The molecule has 20 heavy (non-hydrogen) atoms. The number of rotatable bonds is 4. The van der Waals surface area contributed by atoms with E-state index in [1.54, 1.807) is 13.8 Å². The molecule has 1 atom stereocenters. The van der Waals surface area contributed by atoms with Crippen LogP contribution in [-0.2, 0) is 14.3 Å². The number of nitrogens with one attached hydrogen (secondary N) is 1. The summed E-state index contributed by atoms with van der Waals surface area (Å²) in [7, 11) is 1.33. The molecule has 0 bridgehead atoms. The Hall–Kier alpha value is -1.79. The Morgan fingerprint density at radius 3 is 2.60 bits per heavy atom. The molecule has 7 nitrogen and oxygen atoms in total. The first-order valence-electron chi connectivity index (χ1n) is 6.62. The predicted molar refractivity (Wildman–Crippen MR) is 71.2 cm³/mol. The number of methoxy groups -OCH3 is 1. The topological polar surface area (TPSA) is 95.9 Å². The molecule has 7 heteroatoms. The zero-order valence-corrected chi connectivity index (χ0v) is 12.1. The second kappa shape index (κ2) is 6.58. The third kappa shape index (κ3) is 4.71. The van der Waals surface area contributed by atoms with E-state index in [2.05, 4.69) is 5.32 Å². The van der Waals surface area contributed by atoms with E-state index in [9.17, 15) is 14.4 Å². The van der Waals surface area contributed by atoms with Crippen molar-refractivity contribution in [3.63, 3.8) is 0 Å². The van der Waals surface area contributed by atoms with Crippen LogP contribution in [0.25, 0.3) is 0 Å². The smallest absolute Gasteiger partial charge is 0.317 e. The normalized spacial score (nSPS) is 19.4. The van der Waals surface area contributed by atoms with Gasteiger partial charge in [0.15, 0.2) is 0 Å². The number of piperidine rings is 1. The van der Waals surface area contributed by atoms with Gasteiger partial charge in [-0.15, -0.1) is 0 Å². The van der Waals surface area contributed by atoms with Gasteiger partial charge in [0.05, 0.1) is 19.4 Å². The highest BCUT2D eigenvalue weighted by molar-refractivity contribution is 5.78. The van der Waals surface area contributed by atoms with Gasteiger partial charge in [-0.25, -0.2) is 4.79 Å². The Morgan fingerprint density at radius 1 is 1.40 bits per heavy atom. The van der Waals surface area contributed by atoms with Crippen molar-refractivity contribution >= 4 is 18.0 Å². The van der Waals surface area contributed by atoms with Gasteiger partial charge >= 0.3 is 18.0 Å². The van der Waals surface area contributed by atoms with Crippen LogP contribution in [-0.4, -0.2) is 53.7 Å². The van der Waals surface area contributed by atoms with Crippen LogP contribution in [0, 0.1) is 5.92 Å². The Bertz CT molecular complexity index is 394. The minimum Gasteiger partial charge on any atom is -0.481 e. The molecule has 1 heterocycles. The van der Waals surface area contributed by atoms with Crippen LogP contribution in [0.5, 0.6) is 0 Å². The molecular weight excluding hydrogens is 264 g/mol. The molecule has 0 saturated carbocycles. The van der Waals surface area contributed by atoms with E-state index >= 15 is 0 Å². The first kappa shape index (κ1) is 16.3. The SMILES string of the molecule is COC(=O)C1CCCN(C(=O)NC(C)(C)CC(=O)O)C1. The Morgan fingerprint density at radius 2 is 2.05 bits per heavy atom. The molecule has 114 valence electrons. The molecule has 0 aromatic carbocycles. The van der Waals surface area contributed by atoms with Gasteiger partial charge in [-0.3, -0.25) is 9.59 Å². The fourth-order valence-corrected chi connectivity index (χ4v) is 2.31. The molecular formula is C13H22N2O5. The van der Waals surface area contributed by atoms with Crippen LogP contribution >= 0.6 is 0 Å². The van der Waals surface area contributed by atoms with Gasteiger partial charge in [0.25, 0.3) is 0 Å². The number of likely N-dealkylation sites (tertiary alicyclic amines) is 1. The molecule has 2 N–H and O–H groups in total. The van der Waals surface area contributed by atoms with Crippen LogP contribution in [0.1, 0.15) is 33.1 Å². The molecule has 1 aliphatic heterocycles. The number of amides is 2. The van der Waals surface area contributed by atoms with Gasteiger partial charge in [-0.1, -0.05) is 0 Å². The summed E-state index contributed by atoms with van der Waals surface area (Å²) in [4.78, 5) is 35.9. The number of ether oxygens (including phenoxy) is 1. The molecule has 1 unspecified atom stereocenters. The van der Waals surface area contributed by atoms with E-state index in [1.165, 1.54) is 12.0 Å². The van der Waals surface area contributed by atoms with Crippen molar-refractivity contribution in [3.05, 3.63) is 0 Å². The average molecular weight is 286 g/mol. The zero-order chi connectivity index (χ0) is 15.3. The number of esters is 1. The number of nitrogens with zero attached hydrogens (tertiary/aromatic N) is 1. The Labute approximate surface area is 118 Å². The van der Waals surface area contributed by atoms with Gasteiger partial charge < -0.3 is 20.1 Å². The standard InChI is InChI=1S/C13H22N2O5/c1-13(2,7-10(16)17)14-12(19)15-6-4-5-9(8-15)11(18)20-3/h9H,4-8H2,1-3H3,(H,14,19)(H,16,17). The molecule has 0 aromatic rings. The number of carboxylic acids is 1. The zero-order valence-electron chi connectivity index (χ0n) is 12.1. The quantitative estimate of drug-likeness (QED) is 0.746. The van der Waals surface area contributed by atoms with E-state index < -0.39 is 11.5 Å². The van der Waals surface area contributed by atoms with Crippen molar-refractivity contribution in [2.24, 2.45) is 5.92 Å². The lowest BCUT2D eigenvalue weighted by Crippen LogP contribution is -2.53. The highest BCUT2D eigenvalue weighted by Crippen LogP contribution is 2.18. The maximum atomic E-state index is 12.1. The van der Waals surface area contributed by atoms with Crippen molar-refractivity contribution in [3.8, 4) is 0 Å². The average Bonchev–Trinajstić information content (AvgIpc) is 2.35. The molecule has 0 aromatic heterocycles. The maximum Gasteiger partial charge on any atom is 0.317 e. The van der Waals surface area contributed by atoms with E-state index in [1.807, 2.05) is 0 Å². The van der Waals surface area contributed by atoms with Crippen molar-refractivity contribution < 1.29 is 24.2 Å². The number of hydrogen-bond donors (Lipinski definition) is 2. The van der Waals surface area contributed by atoms with E-state index in [4.69, 9.17) is 9.84 Å². The van der Waals surface area contributed by atoms with Crippen molar-refractivity contribution in [1.82, 2.24) is 10.2 Å². The predicted octanol–water partition coefficient (Wildman–Crippen LogP) is 0.834. The highest BCUT2D eigenvalue weighted by Gasteiger charge is 2.32. The molecule has 0 aliphatic carbocycles. The van der Waals surface area contributed by atoms with Gasteiger partial charge in [0.1, 0.15) is 0 Å². The summed E-state index contributed by atoms with van der Waals surface area (Å²) in [5.41, 5.74) is -0.832. The van der Waals surface area contributed by atoms with Crippen LogP contribution in [0.4, 0.5) is 4.79 Å². The number of carboxylic acid groups (broad SMARTS) is 1. The number of aliphatic carboxylic acids is 1. The first-order valence-corrected chi connectivity index (χ1v) is 6.62. The van der Waals surface area contributed by atoms with Crippen LogP contribution in [0.2, 0.25) is 0 Å². The van der Waals surface area contributed by atoms with Crippen molar-refractivity contribution in [1.29, 1.82) is 0 Å². The first-order chi connectivity index (χ1) is 9.25. The summed E-state index contributed by atoms with van der Waals surface area (Å²) < 4.78 is 4.70. The Kier molecular flexibility index (Phi) is 5.35. The minimum atomic E-state index is -0.971. The maximum absolute atomic E-state index is 12.1. The van der Waals surface area contributed by atoms with Crippen molar-refractivity contribution in [2.45, 2.75) is 38.6 Å². The fraction of sp³-hybridized carbons (Fsp3) is 0.769. The number of urea groups is 1. The lowest BCUT2D eigenvalue weighted by molar-refractivity contribution is -0.146. The largest absolute Gasteiger partial charge is 0.481 e. The number of hydrogen-bond acceptors (Lipinski definition) is 4. The molecule has 1 fully saturated rings. The third-order valence-corrected chi connectivity index (χ3v) is 3.28. The van der Waals surface area contributed by atoms with Crippen LogP contribution in [0.3, 0.4) is 0 Å². The van der Waals surface area contributed by atoms with E-state index in [-0.39, 0.29) is 24.3 Å². The third-order valence-electron chi connectivity index (χ3n) is 3.28. The van der Waals surface area contributed by atoms with Gasteiger partial charge in [0, 0.05) is 18.6 Å². The van der Waals surface area contributed by atoms with E-state index in [0.717, 1.165) is 6.42 Å². The van der Waals surface area contributed by atoms with Crippen molar-refractivity contribution in [2.75, 3.05) is 20.2 Å². The molecule has 0 spiro atoms. The molecule has 0 radical (unpaired) electrons. The second-order valence-electron chi connectivity index (χ2n) is 5.69. The second-order valence-corrected chi connectivity index (χ2v) is 5.69. The number of carbonyl (C=O) groups is 3. The monoisotopic (exact) mass is 286 g/mol. The van der Waals surface area contributed by atoms with Gasteiger partial charge in [0.2, 0.25) is 0 Å². The summed E-state index contributed by atoms with van der Waals surface area (Å²) in [5, 5.41) is 11.5. The summed E-state index contributed by atoms with van der Waals surface area (Å²) in [6.07, 6.45) is 1.27. The molecule has 1 aliphatic rings. The summed E-state index contributed by atoms with van der Waals surface area (Å²) >= 11 is 0. The molecule has 1 rings (SSSR count). The number of carbonyl (C=O) groups excluding carboxylic acids is 2.